The number of aliphatic hydroxyl groups is 1. The van der Waals surface area contributed by atoms with Gasteiger partial charge in [-0.1, -0.05) is 42.5 Å². The maximum Gasteiger partial charge on any atom is 0.266 e. The number of carbonyl (C=O) groups is 2. The minimum atomic E-state index is -0.399. The van der Waals surface area contributed by atoms with Crippen molar-refractivity contribution < 1.29 is 14.7 Å². The highest BCUT2D eigenvalue weighted by Gasteiger charge is 2.32. The number of aliphatic hydroxyl groups excluding tert-OH is 1. The molecule has 0 saturated heterocycles. The molecule has 3 heterocycles. The van der Waals surface area contributed by atoms with Crippen molar-refractivity contribution in [2.45, 2.75) is 44.6 Å². The lowest BCUT2D eigenvalue weighted by Crippen LogP contribution is -2.32. The van der Waals surface area contributed by atoms with E-state index in [1.165, 1.54) is 17.0 Å². The Morgan fingerprint density at radius 3 is 2.49 bits per heavy atom. The first-order valence-corrected chi connectivity index (χ1v) is 14.6. The van der Waals surface area contributed by atoms with E-state index in [4.69, 9.17) is 5.73 Å². The van der Waals surface area contributed by atoms with Gasteiger partial charge in [0.25, 0.3) is 5.56 Å². The van der Waals surface area contributed by atoms with Crippen LogP contribution in [-0.4, -0.2) is 42.4 Å². The van der Waals surface area contributed by atoms with Crippen molar-refractivity contribution in [3.05, 3.63) is 106 Å². The van der Waals surface area contributed by atoms with Crippen molar-refractivity contribution in [1.82, 2.24) is 19.1 Å². The van der Waals surface area contributed by atoms with Gasteiger partial charge in [-0.15, -0.1) is 0 Å². The highest BCUT2D eigenvalue weighted by atomic mass is 16.3. The number of aromatic nitrogens is 4. The van der Waals surface area contributed by atoms with Crippen LogP contribution in [0.4, 0.5) is 5.82 Å². The van der Waals surface area contributed by atoms with Crippen LogP contribution in [0.15, 0.2) is 78.0 Å². The Morgan fingerprint density at radius 1 is 0.977 bits per heavy atom. The first kappa shape index (κ1) is 27.0. The number of ketones is 2. The molecular weight excluding hydrogens is 542 g/mol. The van der Waals surface area contributed by atoms with E-state index >= 15 is 0 Å². The average Bonchev–Trinajstić information content (AvgIpc) is 3.38. The fraction of sp³-hybridized carbons (Fsp3) is 0.265. The summed E-state index contributed by atoms with van der Waals surface area (Å²) in [5.41, 5.74) is 11.0. The molecule has 2 aliphatic rings. The second-order valence-electron chi connectivity index (χ2n) is 11.5. The van der Waals surface area contributed by atoms with Crippen LogP contribution < -0.4 is 11.3 Å². The maximum atomic E-state index is 13.7. The first-order valence-electron chi connectivity index (χ1n) is 14.6. The summed E-state index contributed by atoms with van der Waals surface area (Å²) in [7, 11) is 0. The van der Waals surface area contributed by atoms with E-state index in [9.17, 15) is 19.5 Å². The van der Waals surface area contributed by atoms with E-state index < -0.39 is 5.56 Å². The number of nitrogens with two attached hydrogens (primary N) is 1. The van der Waals surface area contributed by atoms with Crippen LogP contribution >= 0.6 is 0 Å². The molecule has 3 N–H and O–H groups in total. The molecule has 0 aliphatic heterocycles. The van der Waals surface area contributed by atoms with Crippen LogP contribution in [0.2, 0.25) is 0 Å². The summed E-state index contributed by atoms with van der Waals surface area (Å²) >= 11 is 0. The number of benzene rings is 2. The van der Waals surface area contributed by atoms with Crippen molar-refractivity contribution in [1.29, 1.82) is 0 Å². The smallest absolute Gasteiger partial charge is 0.266 e. The van der Waals surface area contributed by atoms with Gasteiger partial charge in [-0.2, -0.15) is 0 Å². The van der Waals surface area contributed by atoms with Crippen molar-refractivity contribution >= 4 is 28.4 Å². The number of para-hydroxylation sites is 1. The number of carbonyl (C=O) groups excluding carboxylic acids is 2. The Kier molecular flexibility index (Phi) is 6.74. The zero-order valence-corrected chi connectivity index (χ0v) is 23.6. The highest BCUT2D eigenvalue weighted by Crippen LogP contribution is 2.42. The van der Waals surface area contributed by atoms with E-state index in [-0.39, 0.29) is 36.2 Å². The monoisotopic (exact) mass is 573 g/mol. The van der Waals surface area contributed by atoms with Crippen molar-refractivity contribution in [3.63, 3.8) is 0 Å². The molecule has 216 valence electrons. The van der Waals surface area contributed by atoms with Gasteiger partial charge in [-0.05, 0) is 60.9 Å². The second-order valence-corrected chi connectivity index (χ2v) is 11.5. The van der Waals surface area contributed by atoms with E-state index in [0.29, 0.717) is 47.9 Å². The van der Waals surface area contributed by atoms with Gasteiger partial charge >= 0.3 is 0 Å². The van der Waals surface area contributed by atoms with Gasteiger partial charge in [0.05, 0.1) is 10.9 Å². The molecule has 1 saturated carbocycles. The largest absolute Gasteiger partial charge is 0.396 e. The molecule has 0 spiro atoms. The lowest BCUT2D eigenvalue weighted by atomic mass is 9.81. The summed E-state index contributed by atoms with van der Waals surface area (Å²) < 4.78 is 3.66. The van der Waals surface area contributed by atoms with Crippen LogP contribution in [0.25, 0.3) is 27.8 Å². The Morgan fingerprint density at radius 2 is 1.74 bits per heavy atom. The highest BCUT2D eigenvalue weighted by molar-refractivity contribution is 6.03. The predicted molar refractivity (Wildman–Crippen MR) is 164 cm³/mol. The van der Waals surface area contributed by atoms with Gasteiger partial charge in [0.2, 0.25) is 0 Å². The Bertz CT molecular complexity index is 1940. The van der Waals surface area contributed by atoms with Gasteiger partial charge in [0.15, 0.2) is 11.6 Å². The van der Waals surface area contributed by atoms with E-state index in [1.807, 2.05) is 60.8 Å². The number of hydrogen-bond donors (Lipinski definition) is 2. The number of Topliss-reactive ketones (excluding diaryl/α,β-unsaturated/α-hetero) is 2. The molecule has 0 radical (unpaired) electrons. The summed E-state index contributed by atoms with van der Waals surface area (Å²) in [6.45, 7) is 0.182. The Hall–Kier alpha value is -4.89. The molecule has 7 rings (SSSR count). The molecule has 0 unspecified atom stereocenters. The second kappa shape index (κ2) is 10.7. The number of nitrogens with zero attached hydrogens (tertiary/aromatic N) is 4. The van der Waals surface area contributed by atoms with Gasteiger partial charge < -0.3 is 15.4 Å². The van der Waals surface area contributed by atoms with Crippen LogP contribution in [0.1, 0.15) is 63.7 Å². The average molecular weight is 574 g/mol. The number of fused-ring (bicyclic) bond motifs is 2. The quantitative estimate of drug-likeness (QED) is 0.269. The van der Waals surface area contributed by atoms with Crippen LogP contribution in [0.5, 0.6) is 0 Å². The SMILES string of the molecule is Nc1ncnc2c1c(-c1ccc(CC(=O)c3cc4c(n(-c5ccccc5)c3=O)CCCC4=O)cc1)cn2C1CC(CO)C1. The van der Waals surface area contributed by atoms with E-state index in [0.717, 1.165) is 40.6 Å². The van der Waals surface area contributed by atoms with Gasteiger partial charge in [0, 0.05) is 54.2 Å². The third-order valence-electron chi connectivity index (χ3n) is 8.87. The summed E-state index contributed by atoms with van der Waals surface area (Å²) in [6, 6.07) is 18.5. The van der Waals surface area contributed by atoms with Crippen molar-refractivity contribution in [2.75, 3.05) is 12.3 Å². The molecule has 0 bridgehead atoms. The minimum Gasteiger partial charge on any atom is -0.396 e. The molecule has 3 aromatic heterocycles. The third-order valence-corrected chi connectivity index (χ3v) is 8.87. The molecular formula is C34H31N5O4. The molecule has 43 heavy (non-hydrogen) atoms. The van der Waals surface area contributed by atoms with Gasteiger partial charge in [0.1, 0.15) is 17.8 Å². The van der Waals surface area contributed by atoms with Crippen LogP contribution in [0.3, 0.4) is 0 Å². The lowest BCUT2D eigenvalue weighted by molar-refractivity contribution is 0.0971. The van der Waals surface area contributed by atoms with Crippen LogP contribution in [-0.2, 0) is 12.8 Å². The zero-order chi connectivity index (χ0) is 29.7. The molecule has 0 amide bonds. The molecule has 9 heteroatoms. The topological polar surface area (TPSA) is 133 Å². The van der Waals surface area contributed by atoms with Gasteiger partial charge in [-0.25, -0.2) is 9.97 Å². The predicted octanol–water partition coefficient (Wildman–Crippen LogP) is 4.72. The maximum absolute atomic E-state index is 13.7. The number of rotatable bonds is 7. The third kappa shape index (κ3) is 4.66. The summed E-state index contributed by atoms with van der Waals surface area (Å²) in [4.78, 5) is 48.8. The minimum absolute atomic E-state index is 0.0227. The van der Waals surface area contributed by atoms with Crippen molar-refractivity contribution in [2.24, 2.45) is 5.92 Å². The summed E-state index contributed by atoms with van der Waals surface area (Å²) in [5, 5.41) is 10.3. The lowest BCUT2D eigenvalue weighted by Gasteiger charge is -2.35. The zero-order valence-electron chi connectivity index (χ0n) is 23.6. The first-order chi connectivity index (χ1) is 20.9. The van der Waals surface area contributed by atoms with Crippen molar-refractivity contribution in [3.8, 4) is 16.8 Å². The molecule has 2 aliphatic carbocycles. The van der Waals surface area contributed by atoms with Crippen LogP contribution in [0, 0.1) is 5.92 Å². The standard InChI is InChI=1S/C34H31N5O4/c35-32-31-27(17-38(33(31)37-19-36-32)24-13-21(14-24)18-40)22-11-9-20(10-12-22)15-30(42)26-16-25-28(7-4-8-29(25)41)39(34(26)43)23-5-2-1-3-6-23/h1-3,5-6,9-12,16-17,19,21,24,40H,4,7-8,13-15,18H2,(H2,35,36,37). The van der Waals surface area contributed by atoms with Gasteiger partial charge in [-0.3, -0.25) is 19.0 Å². The van der Waals surface area contributed by atoms with E-state index in [2.05, 4.69) is 14.5 Å². The molecule has 9 nitrogen and oxygen atoms in total. The number of pyridine rings is 1. The number of anilines is 1. The molecule has 5 aromatic rings. The molecule has 1 fully saturated rings. The summed E-state index contributed by atoms with van der Waals surface area (Å²) in [6.07, 6.45) is 6.99. The van der Waals surface area contributed by atoms with E-state index in [1.54, 1.807) is 0 Å². The fourth-order valence-corrected chi connectivity index (χ4v) is 6.51. The fourth-order valence-electron chi connectivity index (χ4n) is 6.51. The Labute approximate surface area is 247 Å². The molecule has 0 atom stereocenters. The molecule has 2 aromatic carbocycles. The summed E-state index contributed by atoms with van der Waals surface area (Å²) in [5.74, 6) is 0.321. The number of nitrogen functional groups attached to an aromatic ring is 1. The Balaban J connectivity index is 1.21. The number of hydrogen-bond acceptors (Lipinski definition) is 7. The normalized spacial score (nSPS) is 17.9.